The molecule has 4 nitrogen and oxygen atoms in total. The van der Waals surface area contributed by atoms with E-state index in [0.29, 0.717) is 18.7 Å². The molecule has 1 amide bonds. The summed E-state index contributed by atoms with van der Waals surface area (Å²) in [6.45, 7) is 12.2. The van der Waals surface area contributed by atoms with Gasteiger partial charge < -0.3 is 10.1 Å². The van der Waals surface area contributed by atoms with Gasteiger partial charge in [0.1, 0.15) is 11.4 Å². The van der Waals surface area contributed by atoms with Crippen LogP contribution in [0.2, 0.25) is 0 Å². The van der Waals surface area contributed by atoms with E-state index in [1.54, 1.807) is 0 Å². The summed E-state index contributed by atoms with van der Waals surface area (Å²) in [7, 11) is 0. The van der Waals surface area contributed by atoms with E-state index in [2.05, 4.69) is 12.2 Å². The highest BCUT2D eigenvalue weighted by molar-refractivity contribution is 5.85. The van der Waals surface area contributed by atoms with E-state index < -0.39 is 5.60 Å². The maximum atomic E-state index is 11.8. The summed E-state index contributed by atoms with van der Waals surface area (Å²) in [4.78, 5) is 23.5. The summed E-state index contributed by atoms with van der Waals surface area (Å²) in [6.07, 6.45) is 1.84. The van der Waals surface area contributed by atoms with Crippen LogP contribution >= 0.6 is 0 Å². The maximum absolute atomic E-state index is 11.8. The van der Waals surface area contributed by atoms with Gasteiger partial charge in [0.05, 0.1) is 0 Å². The predicted octanol–water partition coefficient (Wildman–Crippen LogP) is 3.30. The fourth-order valence-electron chi connectivity index (χ4n) is 2.76. The number of ether oxygens (including phenoxy) is 1. The Labute approximate surface area is 116 Å². The molecule has 1 rings (SSSR count). The molecule has 0 heterocycles. The van der Waals surface area contributed by atoms with Crippen LogP contribution in [-0.4, -0.2) is 24.0 Å². The summed E-state index contributed by atoms with van der Waals surface area (Å²) in [5.74, 6) is 0.322. The first-order valence-corrected chi connectivity index (χ1v) is 6.94. The average Bonchev–Trinajstić information content (AvgIpc) is 2.19. The largest absolute Gasteiger partial charge is 0.444 e. The fourth-order valence-corrected chi connectivity index (χ4v) is 2.76. The highest BCUT2D eigenvalue weighted by Crippen LogP contribution is 2.43. The van der Waals surface area contributed by atoms with Gasteiger partial charge in [-0.3, -0.25) is 4.79 Å². The van der Waals surface area contributed by atoms with Crippen LogP contribution in [0.5, 0.6) is 0 Å². The lowest BCUT2D eigenvalue weighted by atomic mass is 9.64. The Kier molecular flexibility index (Phi) is 4.33. The number of hydrogen-bond acceptors (Lipinski definition) is 3. The third-order valence-electron chi connectivity index (χ3n) is 3.64. The molecule has 1 saturated carbocycles. The van der Waals surface area contributed by atoms with Crippen LogP contribution in [0.1, 0.15) is 60.8 Å². The van der Waals surface area contributed by atoms with Gasteiger partial charge >= 0.3 is 6.09 Å². The number of ketones is 1. The summed E-state index contributed by atoms with van der Waals surface area (Å²) in [5, 5.41) is 2.83. The van der Waals surface area contributed by atoms with E-state index >= 15 is 0 Å². The van der Waals surface area contributed by atoms with Crippen LogP contribution in [-0.2, 0) is 9.53 Å². The van der Waals surface area contributed by atoms with E-state index in [9.17, 15) is 9.59 Å². The highest BCUT2D eigenvalue weighted by atomic mass is 16.6. The van der Waals surface area contributed by atoms with Crippen molar-refractivity contribution in [2.24, 2.45) is 10.8 Å². The molecule has 110 valence electrons. The van der Waals surface area contributed by atoms with Gasteiger partial charge in [0, 0.05) is 18.4 Å². The molecule has 1 atom stereocenters. The SMILES string of the molecule is CC1(CNC(=O)OC(C)(C)C)CCC(=O)C(C)(C)C1. The lowest BCUT2D eigenvalue weighted by molar-refractivity contribution is -0.132. The monoisotopic (exact) mass is 269 g/mol. The van der Waals surface area contributed by atoms with Gasteiger partial charge in [-0.15, -0.1) is 0 Å². The third-order valence-corrected chi connectivity index (χ3v) is 3.64. The molecule has 0 aromatic carbocycles. The first kappa shape index (κ1) is 16.0. The molecule has 0 aromatic rings. The molecule has 1 aliphatic rings. The third kappa shape index (κ3) is 4.84. The van der Waals surface area contributed by atoms with Crippen LogP contribution in [0.25, 0.3) is 0 Å². The Hall–Kier alpha value is -1.06. The van der Waals surface area contributed by atoms with Gasteiger partial charge in [0.2, 0.25) is 0 Å². The fraction of sp³-hybridized carbons (Fsp3) is 0.867. The minimum atomic E-state index is -0.479. The molecule has 0 aliphatic heterocycles. The summed E-state index contributed by atoms with van der Waals surface area (Å²) in [5.41, 5.74) is -0.802. The van der Waals surface area contributed by atoms with E-state index in [0.717, 1.165) is 12.8 Å². The zero-order chi connectivity index (χ0) is 14.9. The van der Waals surface area contributed by atoms with Crippen molar-refractivity contribution < 1.29 is 14.3 Å². The molecule has 1 aliphatic carbocycles. The molecule has 1 N–H and O–H groups in total. The minimum absolute atomic E-state index is 0.0334. The second kappa shape index (κ2) is 5.14. The van der Waals surface area contributed by atoms with E-state index in [4.69, 9.17) is 4.74 Å². The molecule has 19 heavy (non-hydrogen) atoms. The number of Topliss-reactive ketones (excluding diaryl/α,β-unsaturated/α-hetero) is 1. The van der Waals surface area contributed by atoms with Gasteiger partial charge in [-0.05, 0) is 39.0 Å². The minimum Gasteiger partial charge on any atom is -0.444 e. The number of nitrogens with one attached hydrogen (secondary N) is 1. The molecule has 1 unspecified atom stereocenters. The Morgan fingerprint density at radius 2 is 1.89 bits per heavy atom. The van der Waals surface area contributed by atoms with Crippen molar-refractivity contribution in [2.45, 2.75) is 66.4 Å². The van der Waals surface area contributed by atoms with Crippen LogP contribution in [0.15, 0.2) is 0 Å². The lowest BCUT2D eigenvalue weighted by Gasteiger charge is -2.41. The summed E-state index contributed by atoms with van der Waals surface area (Å²) in [6, 6.07) is 0. The molecule has 0 bridgehead atoms. The lowest BCUT2D eigenvalue weighted by Crippen LogP contribution is -2.45. The first-order valence-electron chi connectivity index (χ1n) is 6.94. The average molecular weight is 269 g/mol. The molecule has 0 aromatic heterocycles. The van der Waals surface area contributed by atoms with Crippen molar-refractivity contribution in [3.8, 4) is 0 Å². The second-order valence-corrected chi connectivity index (χ2v) is 7.65. The van der Waals surface area contributed by atoms with Gasteiger partial charge in [-0.1, -0.05) is 20.8 Å². The number of hydrogen-bond donors (Lipinski definition) is 1. The summed E-state index contributed by atoms with van der Waals surface area (Å²) >= 11 is 0. The van der Waals surface area contributed by atoms with E-state index in [1.807, 2.05) is 34.6 Å². The van der Waals surface area contributed by atoms with Crippen molar-refractivity contribution in [3.63, 3.8) is 0 Å². The first-order chi connectivity index (χ1) is 8.44. The van der Waals surface area contributed by atoms with Gasteiger partial charge in [0.15, 0.2) is 0 Å². The quantitative estimate of drug-likeness (QED) is 0.837. The molecule has 1 fully saturated rings. The van der Waals surface area contributed by atoms with Gasteiger partial charge in [-0.25, -0.2) is 4.79 Å². The molecular weight excluding hydrogens is 242 g/mol. The Morgan fingerprint density at radius 3 is 2.37 bits per heavy atom. The van der Waals surface area contributed by atoms with Crippen LogP contribution in [0.4, 0.5) is 4.79 Å². The molecule has 4 heteroatoms. The standard InChI is InChI=1S/C15H27NO3/c1-13(2,3)19-12(18)16-10-15(6)8-7-11(17)14(4,5)9-15/h7-10H2,1-6H3,(H,16,18). The van der Waals surface area contributed by atoms with E-state index in [-0.39, 0.29) is 16.9 Å². The normalized spacial score (nSPS) is 26.9. The zero-order valence-electron chi connectivity index (χ0n) is 13.1. The Bertz CT molecular complexity index is 368. The highest BCUT2D eigenvalue weighted by Gasteiger charge is 2.42. The smallest absolute Gasteiger partial charge is 0.407 e. The number of amides is 1. The van der Waals surface area contributed by atoms with Crippen molar-refractivity contribution in [1.82, 2.24) is 5.32 Å². The zero-order valence-corrected chi connectivity index (χ0v) is 13.1. The Morgan fingerprint density at radius 1 is 1.32 bits per heavy atom. The molecule has 0 spiro atoms. The number of alkyl carbamates (subject to hydrolysis) is 1. The van der Waals surface area contributed by atoms with Crippen molar-refractivity contribution >= 4 is 11.9 Å². The van der Waals surface area contributed by atoms with Crippen molar-refractivity contribution in [3.05, 3.63) is 0 Å². The topological polar surface area (TPSA) is 55.4 Å². The maximum Gasteiger partial charge on any atom is 0.407 e. The second-order valence-electron chi connectivity index (χ2n) is 7.65. The van der Waals surface area contributed by atoms with Crippen LogP contribution in [0.3, 0.4) is 0 Å². The number of carbonyl (C=O) groups is 2. The van der Waals surface area contributed by atoms with Crippen molar-refractivity contribution in [1.29, 1.82) is 0 Å². The predicted molar refractivity (Wildman–Crippen MR) is 75.0 cm³/mol. The molecule has 0 saturated heterocycles. The number of rotatable bonds is 2. The number of carbonyl (C=O) groups excluding carboxylic acids is 2. The Balaban J connectivity index is 2.53. The van der Waals surface area contributed by atoms with E-state index in [1.165, 1.54) is 0 Å². The molecular formula is C15H27NO3. The molecule has 0 radical (unpaired) electrons. The summed E-state index contributed by atoms with van der Waals surface area (Å²) < 4.78 is 5.23. The van der Waals surface area contributed by atoms with Crippen molar-refractivity contribution in [2.75, 3.05) is 6.54 Å². The van der Waals surface area contributed by atoms with Gasteiger partial charge in [-0.2, -0.15) is 0 Å². The van der Waals surface area contributed by atoms with Crippen LogP contribution < -0.4 is 5.32 Å². The van der Waals surface area contributed by atoms with Crippen LogP contribution in [0, 0.1) is 10.8 Å². The van der Waals surface area contributed by atoms with Gasteiger partial charge in [0.25, 0.3) is 0 Å².